The summed E-state index contributed by atoms with van der Waals surface area (Å²) < 4.78 is 0. The lowest BCUT2D eigenvalue weighted by molar-refractivity contribution is 0.177. The van der Waals surface area contributed by atoms with E-state index in [1.165, 1.54) is 19.3 Å². The van der Waals surface area contributed by atoms with Crippen molar-refractivity contribution in [2.45, 2.75) is 45.1 Å². The van der Waals surface area contributed by atoms with Crippen LogP contribution in [0.1, 0.15) is 39.0 Å². The van der Waals surface area contributed by atoms with Crippen LogP contribution in [0.3, 0.4) is 0 Å². The topological polar surface area (TPSA) is 20.2 Å². The fraction of sp³-hybridized carbons (Fsp3) is 1.00. The van der Waals surface area contributed by atoms with Gasteiger partial charge in [0, 0.05) is 0 Å². The molecule has 0 radical (unpaired) electrons. The van der Waals surface area contributed by atoms with Gasteiger partial charge in [-0.1, -0.05) is 19.8 Å². The number of hydrogen-bond acceptors (Lipinski definition) is 1. The van der Waals surface area contributed by atoms with Crippen LogP contribution in [0.4, 0.5) is 0 Å². The quantitative estimate of drug-likeness (QED) is 0.602. The zero-order valence-electron chi connectivity index (χ0n) is 6.14. The van der Waals surface area contributed by atoms with Crippen molar-refractivity contribution in [1.82, 2.24) is 0 Å². The summed E-state index contributed by atoms with van der Waals surface area (Å²) in [5.41, 5.74) is 0. The third-order valence-corrected chi connectivity index (χ3v) is 2.21. The fourth-order valence-electron chi connectivity index (χ4n) is 1.72. The highest BCUT2D eigenvalue weighted by Crippen LogP contribution is 2.28. The zero-order valence-corrected chi connectivity index (χ0v) is 6.14. The van der Waals surface area contributed by atoms with E-state index in [4.69, 9.17) is 5.11 Å². The minimum atomic E-state index is 0.0292. The van der Waals surface area contributed by atoms with Crippen LogP contribution in [0.2, 0.25) is 0 Å². The largest absolute Gasteiger partial charge is 0.393 e. The summed E-state index contributed by atoms with van der Waals surface area (Å²) in [5.74, 6) is 0.838. The highest BCUT2D eigenvalue weighted by molar-refractivity contribution is 4.73. The molecule has 2 atom stereocenters. The fourth-order valence-corrected chi connectivity index (χ4v) is 1.72. The third kappa shape index (κ3) is 1.98. The van der Waals surface area contributed by atoms with Gasteiger partial charge >= 0.3 is 0 Å². The van der Waals surface area contributed by atoms with Gasteiger partial charge in [-0.3, -0.25) is 0 Å². The van der Waals surface area contributed by atoms with Crippen LogP contribution in [-0.4, -0.2) is 11.2 Å². The Balaban J connectivity index is 2.14. The maximum Gasteiger partial charge on any atom is 0.0543 e. The summed E-state index contributed by atoms with van der Waals surface area (Å²) in [5, 5.41) is 9.13. The summed E-state index contributed by atoms with van der Waals surface area (Å²) in [6, 6.07) is 0. The van der Waals surface area contributed by atoms with Crippen molar-refractivity contribution in [2.24, 2.45) is 5.92 Å². The standard InChI is InChI=1S/C8H16O/c1-2-3-7-4-5-8(9)6-7/h7-9H,2-6H2,1H3/t7-,8-/m0/s1. The monoisotopic (exact) mass is 128 g/mol. The summed E-state index contributed by atoms with van der Waals surface area (Å²) in [4.78, 5) is 0. The summed E-state index contributed by atoms with van der Waals surface area (Å²) in [6.45, 7) is 2.21. The van der Waals surface area contributed by atoms with Crippen molar-refractivity contribution >= 4 is 0 Å². The maximum absolute atomic E-state index is 9.13. The Morgan fingerprint density at radius 1 is 1.44 bits per heavy atom. The van der Waals surface area contributed by atoms with E-state index >= 15 is 0 Å². The molecule has 9 heavy (non-hydrogen) atoms. The molecule has 0 heterocycles. The van der Waals surface area contributed by atoms with E-state index in [0.717, 1.165) is 18.8 Å². The number of rotatable bonds is 2. The molecule has 0 spiro atoms. The van der Waals surface area contributed by atoms with Crippen molar-refractivity contribution < 1.29 is 5.11 Å². The minimum Gasteiger partial charge on any atom is -0.393 e. The van der Waals surface area contributed by atoms with Crippen LogP contribution >= 0.6 is 0 Å². The van der Waals surface area contributed by atoms with Gasteiger partial charge in [0.2, 0.25) is 0 Å². The first-order valence-corrected chi connectivity index (χ1v) is 4.01. The van der Waals surface area contributed by atoms with Crippen molar-refractivity contribution in [2.75, 3.05) is 0 Å². The van der Waals surface area contributed by atoms with Gasteiger partial charge in [0.05, 0.1) is 6.10 Å². The molecule has 0 bridgehead atoms. The number of aliphatic hydroxyl groups is 1. The molecule has 54 valence electrons. The Morgan fingerprint density at radius 2 is 2.22 bits per heavy atom. The molecule has 1 aliphatic rings. The van der Waals surface area contributed by atoms with Gasteiger partial charge in [-0.15, -0.1) is 0 Å². The van der Waals surface area contributed by atoms with E-state index in [0.29, 0.717) is 0 Å². The maximum atomic E-state index is 9.13. The van der Waals surface area contributed by atoms with Crippen LogP contribution in [-0.2, 0) is 0 Å². The SMILES string of the molecule is CCC[C@H]1CC[C@H](O)C1. The van der Waals surface area contributed by atoms with Crippen LogP contribution in [0, 0.1) is 5.92 Å². The van der Waals surface area contributed by atoms with Crippen LogP contribution in [0.5, 0.6) is 0 Å². The predicted octanol–water partition coefficient (Wildman–Crippen LogP) is 1.95. The van der Waals surface area contributed by atoms with Gasteiger partial charge in [0.1, 0.15) is 0 Å². The molecule has 0 aromatic heterocycles. The first-order valence-electron chi connectivity index (χ1n) is 4.01. The van der Waals surface area contributed by atoms with E-state index in [-0.39, 0.29) is 6.10 Å². The van der Waals surface area contributed by atoms with E-state index in [1.54, 1.807) is 0 Å². The molecule has 1 N–H and O–H groups in total. The second kappa shape index (κ2) is 3.21. The van der Waals surface area contributed by atoms with E-state index in [1.807, 2.05) is 0 Å². The van der Waals surface area contributed by atoms with Gasteiger partial charge in [0.15, 0.2) is 0 Å². The number of aliphatic hydroxyl groups excluding tert-OH is 1. The van der Waals surface area contributed by atoms with Gasteiger partial charge in [0.25, 0.3) is 0 Å². The first-order chi connectivity index (χ1) is 4.33. The lowest BCUT2D eigenvalue weighted by Gasteiger charge is -2.04. The van der Waals surface area contributed by atoms with Crippen LogP contribution in [0.15, 0.2) is 0 Å². The molecule has 0 aromatic rings. The Kier molecular flexibility index (Phi) is 2.52. The van der Waals surface area contributed by atoms with Crippen molar-refractivity contribution in [3.8, 4) is 0 Å². The Bertz CT molecular complexity index is 78.6. The Labute approximate surface area is 57.1 Å². The zero-order chi connectivity index (χ0) is 6.69. The molecule has 1 rings (SSSR count). The van der Waals surface area contributed by atoms with Gasteiger partial charge in [-0.25, -0.2) is 0 Å². The third-order valence-electron chi connectivity index (χ3n) is 2.21. The van der Waals surface area contributed by atoms with Crippen molar-refractivity contribution in [1.29, 1.82) is 0 Å². The lowest BCUT2D eigenvalue weighted by atomic mass is 10.0. The average molecular weight is 128 g/mol. The molecule has 1 fully saturated rings. The van der Waals surface area contributed by atoms with Gasteiger partial charge in [-0.05, 0) is 25.2 Å². The Morgan fingerprint density at radius 3 is 2.67 bits per heavy atom. The smallest absolute Gasteiger partial charge is 0.0543 e. The molecule has 0 amide bonds. The first kappa shape index (κ1) is 7.07. The summed E-state index contributed by atoms with van der Waals surface area (Å²) in [6.07, 6.45) is 5.99. The highest BCUT2D eigenvalue weighted by atomic mass is 16.3. The van der Waals surface area contributed by atoms with Crippen molar-refractivity contribution in [3.05, 3.63) is 0 Å². The minimum absolute atomic E-state index is 0.0292. The number of hydrogen-bond donors (Lipinski definition) is 1. The molecule has 1 aliphatic carbocycles. The van der Waals surface area contributed by atoms with E-state index < -0.39 is 0 Å². The molecule has 0 unspecified atom stereocenters. The van der Waals surface area contributed by atoms with Crippen LogP contribution in [0.25, 0.3) is 0 Å². The second-order valence-electron chi connectivity index (χ2n) is 3.12. The normalized spacial score (nSPS) is 35.3. The predicted molar refractivity (Wildman–Crippen MR) is 38.3 cm³/mol. The lowest BCUT2D eigenvalue weighted by Crippen LogP contribution is -1.99. The van der Waals surface area contributed by atoms with E-state index in [2.05, 4.69) is 6.92 Å². The van der Waals surface area contributed by atoms with Crippen LogP contribution < -0.4 is 0 Å². The molecule has 0 aromatic carbocycles. The summed E-state index contributed by atoms with van der Waals surface area (Å²) in [7, 11) is 0. The molecular weight excluding hydrogens is 112 g/mol. The molecular formula is C8H16O. The molecule has 0 saturated heterocycles. The molecule has 1 saturated carbocycles. The summed E-state index contributed by atoms with van der Waals surface area (Å²) >= 11 is 0. The molecule has 1 nitrogen and oxygen atoms in total. The van der Waals surface area contributed by atoms with E-state index in [9.17, 15) is 0 Å². The van der Waals surface area contributed by atoms with Crippen molar-refractivity contribution in [3.63, 3.8) is 0 Å². The average Bonchev–Trinajstić information content (AvgIpc) is 2.17. The highest BCUT2D eigenvalue weighted by Gasteiger charge is 2.21. The van der Waals surface area contributed by atoms with Gasteiger partial charge < -0.3 is 5.11 Å². The second-order valence-corrected chi connectivity index (χ2v) is 3.12. The molecule has 0 aliphatic heterocycles. The van der Waals surface area contributed by atoms with Gasteiger partial charge in [-0.2, -0.15) is 0 Å². The molecule has 1 heteroatoms. The Hall–Kier alpha value is -0.0400.